The number of nitrogens with two attached hydrogens (primary N) is 1. The van der Waals surface area contributed by atoms with Gasteiger partial charge in [0.2, 0.25) is 0 Å². The third-order valence-electron chi connectivity index (χ3n) is 2.58. The highest BCUT2D eigenvalue weighted by Gasteiger charge is 2.38. The summed E-state index contributed by atoms with van der Waals surface area (Å²) < 4.78 is 10.7. The molecule has 1 unspecified atom stereocenters. The molecule has 2 atom stereocenters. The fraction of sp³-hybridized carbons (Fsp3) is 0.800. The van der Waals surface area contributed by atoms with E-state index in [1.165, 1.54) is 0 Å². The molecule has 1 aliphatic rings. The molecule has 0 spiro atoms. The van der Waals surface area contributed by atoms with Gasteiger partial charge in [-0.3, -0.25) is 9.69 Å². The number of rotatable bonds is 5. The summed E-state index contributed by atoms with van der Waals surface area (Å²) in [5, 5.41) is 17.7. The van der Waals surface area contributed by atoms with Gasteiger partial charge in [0.05, 0.1) is 6.61 Å². The molecule has 0 saturated carbocycles. The van der Waals surface area contributed by atoms with Gasteiger partial charge in [0.25, 0.3) is 0 Å². The lowest BCUT2D eigenvalue weighted by molar-refractivity contribution is -0.156. The second kappa shape index (κ2) is 5.51. The Balaban J connectivity index is 2.56. The maximum atomic E-state index is 11.1. The normalized spacial score (nSPS) is 23.6. The first kappa shape index (κ1) is 14.7. The van der Waals surface area contributed by atoms with Crippen LogP contribution >= 0.6 is 0 Å². The van der Waals surface area contributed by atoms with Crippen LogP contribution < -0.4 is 5.73 Å². The van der Waals surface area contributed by atoms with Crippen LogP contribution in [0.3, 0.4) is 0 Å². The first-order chi connectivity index (χ1) is 8.23. The Morgan fingerprint density at radius 2 is 2.11 bits per heavy atom. The van der Waals surface area contributed by atoms with Gasteiger partial charge >= 0.3 is 12.1 Å². The monoisotopic (exact) mass is 262 g/mol. The number of carboxylic acids is 1. The van der Waals surface area contributed by atoms with Crippen molar-refractivity contribution in [1.82, 2.24) is 4.90 Å². The van der Waals surface area contributed by atoms with E-state index in [-0.39, 0.29) is 19.6 Å². The van der Waals surface area contributed by atoms with Gasteiger partial charge in [-0.2, -0.15) is 0 Å². The Morgan fingerprint density at radius 1 is 1.50 bits per heavy atom. The summed E-state index contributed by atoms with van der Waals surface area (Å²) in [6, 6.07) is -1.10. The third-order valence-corrected chi connectivity index (χ3v) is 2.58. The third kappa shape index (κ3) is 3.83. The molecular weight excluding hydrogens is 244 g/mol. The van der Waals surface area contributed by atoms with E-state index in [4.69, 9.17) is 25.4 Å². The number of ether oxygens (including phenoxy) is 2. The summed E-state index contributed by atoms with van der Waals surface area (Å²) >= 11 is 0. The molecule has 1 saturated heterocycles. The molecule has 4 N–H and O–H groups in total. The number of hydrogen-bond acceptors (Lipinski definition) is 5. The van der Waals surface area contributed by atoms with Crippen LogP contribution in [-0.4, -0.2) is 58.4 Å². The van der Waals surface area contributed by atoms with Gasteiger partial charge in [-0.1, -0.05) is 0 Å². The van der Waals surface area contributed by atoms with Gasteiger partial charge in [-0.15, -0.1) is 0 Å². The van der Waals surface area contributed by atoms with Crippen LogP contribution in [-0.2, 0) is 14.3 Å². The predicted molar refractivity (Wildman–Crippen MR) is 59.9 cm³/mol. The van der Waals surface area contributed by atoms with Crippen LogP contribution in [0.2, 0.25) is 0 Å². The number of nitrogens with zero attached hydrogens (tertiary/aromatic N) is 1. The molecule has 1 rings (SSSR count). The molecule has 0 aromatic heterocycles. The summed E-state index contributed by atoms with van der Waals surface area (Å²) in [5.41, 5.74) is 5.33. The molecule has 0 aromatic carbocycles. The van der Waals surface area contributed by atoms with Crippen molar-refractivity contribution in [3.05, 3.63) is 0 Å². The highest BCUT2D eigenvalue weighted by atomic mass is 16.8. The van der Waals surface area contributed by atoms with Gasteiger partial charge in [-0.25, -0.2) is 4.79 Å². The lowest BCUT2D eigenvalue weighted by Gasteiger charge is -2.26. The van der Waals surface area contributed by atoms with Crippen molar-refractivity contribution in [2.24, 2.45) is 5.73 Å². The van der Waals surface area contributed by atoms with Crippen LogP contribution in [0.4, 0.5) is 4.79 Å². The molecule has 0 aliphatic carbocycles. The van der Waals surface area contributed by atoms with Crippen LogP contribution in [0.5, 0.6) is 0 Å². The highest BCUT2D eigenvalue weighted by Crippen LogP contribution is 2.24. The molecule has 0 aromatic rings. The first-order valence-electron chi connectivity index (χ1n) is 5.52. The van der Waals surface area contributed by atoms with E-state index >= 15 is 0 Å². The minimum Gasteiger partial charge on any atom is -0.480 e. The van der Waals surface area contributed by atoms with Gasteiger partial charge in [0, 0.05) is 6.54 Å². The van der Waals surface area contributed by atoms with Gasteiger partial charge in [0.15, 0.2) is 12.0 Å². The van der Waals surface area contributed by atoms with Gasteiger partial charge < -0.3 is 25.4 Å². The lowest BCUT2D eigenvalue weighted by Crippen LogP contribution is -2.45. The van der Waals surface area contributed by atoms with Crippen LogP contribution in [0.25, 0.3) is 0 Å². The fourth-order valence-electron chi connectivity index (χ4n) is 1.59. The molecular formula is C10H18N2O6. The zero-order valence-corrected chi connectivity index (χ0v) is 10.3. The number of carbonyl (C=O) groups is 2. The number of aliphatic carboxylic acids is 1. The Kier molecular flexibility index (Phi) is 4.49. The molecule has 1 amide bonds. The largest absolute Gasteiger partial charge is 0.480 e. The van der Waals surface area contributed by atoms with Crippen molar-refractivity contribution in [3.63, 3.8) is 0 Å². The van der Waals surface area contributed by atoms with Crippen molar-refractivity contribution in [1.29, 1.82) is 0 Å². The quantitative estimate of drug-likeness (QED) is 0.631. The number of amides is 1. The zero-order chi connectivity index (χ0) is 13.9. The molecule has 8 heteroatoms. The smallest absolute Gasteiger partial charge is 0.409 e. The van der Waals surface area contributed by atoms with E-state index < -0.39 is 30.1 Å². The van der Waals surface area contributed by atoms with Gasteiger partial charge in [0.1, 0.15) is 6.04 Å². The van der Waals surface area contributed by atoms with E-state index in [1.54, 1.807) is 13.8 Å². The zero-order valence-electron chi connectivity index (χ0n) is 10.3. The van der Waals surface area contributed by atoms with Gasteiger partial charge in [-0.05, 0) is 20.3 Å². The standard InChI is InChI=1S/C10H18N2O6/c1-10(2)17-5-7(18-10)12(9(15)16)4-3-6(11)8(13)14/h6-7H,3-5,11H2,1-2H3,(H,13,14)(H,15,16)/t6-,7?/m0/s1. The molecule has 1 fully saturated rings. The Labute approximate surface area is 104 Å². The maximum absolute atomic E-state index is 11.1. The minimum absolute atomic E-state index is 0.0158. The lowest BCUT2D eigenvalue weighted by atomic mass is 10.2. The van der Waals surface area contributed by atoms with E-state index in [0.717, 1.165) is 4.90 Å². The highest BCUT2D eigenvalue weighted by molar-refractivity contribution is 5.73. The van der Waals surface area contributed by atoms with Crippen LogP contribution in [0.15, 0.2) is 0 Å². The SMILES string of the molecule is CC1(C)OCC(N(CC[C@H](N)C(=O)O)C(=O)O)O1. The maximum Gasteiger partial charge on any atom is 0.409 e. The summed E-state index contributed by atoms with van der Waals surface area (Å²) in [6.07, 6.45) is -1.92. The molecule has 1 heterocycles. The topological polar surface area (TPSA) is 122 Å². The summed E-state index contributed by atoms with van der Waals surface area (Å²) in [4.78, 5) is 22.6. The van der Waals surface area contributed by atoms with Crippen molar-refractivity contribution >= 4 is 12.1 Å². The van der Waals surface area contributed by atoms with Crippen molar-refractivity contribution in [2.75, 3.05) is 13.2 Å². The van der Waals surface area contributed by atoms with E-state index in [1.807, 2.05) is 0 Å². The molecule has 8 nitrogen and oxygen atoms in total. The van der Waals surface area contributed by atoms with E-state index in [0.29, 0.717) is 0 Å². The Morgan fingerprint density at radius 3 is 2.50 bits per heavy atom. The second-order valence-corrected chi connectivity index (χ2v) is 4.49. The van der Waals surface area contributed by atoms with Crippen molar-refractivity contribution < 1.29 is 29.3 Å². The van der Waals surface area contributed by atoms with E-state index in [9.17, 15) is 9.59 Å². The Bertz CT molecular complexity index is 332. The average Bonchev–Trinajstić information content (AvgIpc) is 2.58. The summed E-state index contributed by atoms with van der Waals surface area (Å²) in [6.45, 7) is 3.44. The first-order valence-corrected chi connectivity index (χ1v) is 5.52. The number of carboxylic acid groups (broad SMARTS) is 2. The summed E-state index contributed by atoms with van der Waals surface area (Å²) in [5.74, 6) is -2.00. The molecule has 104 valence electrons. The minimum atomic E-state index is -1.20. The second-order valence-electron chi connectivity index (χ2n) is 4.49. The average molecular weight is 262 g/mol. The van der Waals surface area contributed by atoms with E-state index in [2.05, 4.69) is 0 Å². The summed E-state index contributed by atoms with van der Waals surface area (Å²) in [7, 11) is 0. The van der Waals surface area contributed by atoms with Crippen molar-refractivity contribution in [3.8, 4) is 0 Å². The number of hydrogen-bond donors (Lipinski definition) is 3. The van der Waals surface area contributed by atoms with Crippen molar-refractivity contribution in [2.45, 2.75) is 38.3 Å². The Hall–Kier alpha value is -1.38. The van der Waals surface area contributed by atoms with Crippen LogP contribution in [0, 0.1) is 0 Å². The fourth-order valence-corrected chi connectivity index (χ4v) is 1.59. The van der Waals surface area contributed by atoms with Crippen LogP contribution in [0.1, 0.15) is 20.3 Å². The molecule has 1 aliphatic heterocycles. The molecule has 0 bridgehead atoms. The molecule has 0 radical (unpaired) electrons. The molecule has 18 heavy (non-hydrogen) atoms. The predicted octanol–water partition coefficient (Wildman–Crippen LogP) is -0.123.